The molecule has 0 aliphatic rings. The van der Waals surface area contributed by atoms with Crippen LogP contribution in [0.2, 0.25) is 0 Å². The molecule has 1 aromatic heterocycles. The van der Waals surface area contributed by atoms with Crippen LogP contribution in [-0.4, -0.2) is 20.6 Å². The van der Waals surface area contributed by atoms with E-state index in [0.717, 1.165) is 42.5 Å². The fourth-order valence-corrected chi connectivity index (χ4v) is 4.12. The van der Waals surface area contributed by atoms with Gasteiger partial charge < -0.3 is 4.90 Å². The summed E-state index contributed by atoms with van der Waals surface area (Å²) < 4.78 is 2.01. The van der Waals surface area contributed by atoms with E-state index >= 15 is 0 Å². The third-order valence-electron chi connectivity index (χ3n) is 5.64. The molecule has 1 heterocycles. The van der Waals surface area contributed by atoms with Crippen molar-refractivity contribution in [3.63, 3.8) is 0 Å². The minimum Gasteiger partial charge on any atom is -0.334 e. The second-order valence-corrected chi connectivity index (χ2v) is 7.78. The molecule has 1 amide bonds. The van der Waals surface area contributed by atoms with Crippen molar-refractivity contribution < 1.29 is 4.79 Å². The van der Waals surface area contributed by atoms with Gasteiger partial charge in [0.1, 0.15) is 0 Å². The lowest BCUT2D eigenvalue weighted by molar-refractivity contribution is -0.132. The lowest BCUT2D eigenvalue weighted by Gasteiger charge is -2.23. The Balaban J connectivity index is 1.66. The van der Waals surface area contributed by atoms with Gasteiger partial charge in [0.2, 0.25) is 5.91 Å². The fraction of sp³-hybridized carbons (Fsp3) is 0.385. The van der Waals surface area contributed by atoms with Crippen LogP contribution in [0.1, 0.15) is 54.8 Å². The van der Waals surface area contributed by atoms with E-state index in [9.17, 15) is 4.79 Å². The first kappa shape index (κ1) is 21.8. The van der Waals surface area contributed by atoms with Crippen molar-refractivity contribution >= 4 is 5.91 Å². The number of aryl methyl sites for hydroxylation is 2. The lowest BCUT2D eigenvalue weighted by Crippen LogP contribution is -2.30. The Morgan fingerprint density at radius 2 is 1.47 bits per heavy atom. The number of rotatable bonds is 10. The van der Waals surface area contributed by atoms with Crippen molar-refractivity contribution in [2.45, 2.75) is 59.0 Å². The normalized spacial score (nSPS) is 10.9. The van der Waals surface area contributed by atoms with Crippen molar-refractivity contribution in [1.82, 2.24) is 14.7 Å². The van der Waals surface area contributed by atoms with E-state index in [1.807, 2.05) is 53.0 Å². The van der Waals surface area contributed by atoms with Gasteiger partial charge >= 0.3 is 0 Å². The third kappa shape index (κ3) is 5.59. The molecule has 3 aromatic rings. The second-order valence-electron chi connectivity index (χ2n) is 7.78. The number of nitrogens with zero attached hydrogens (tertiary/aromatic N) is 3. The predicted molar refractivity (Wildman–Crippen MR) is 122 cm³/mol. The van der Waals surface area contributed by atoms with Gasteiger partial charge in [-0.25, -0.2) is 0 Å². The molecule has 0 aliphatic heterocycles. The average molecular weight is 404 g/mol. The average Bonchev–Trinajstić information content (AvgIpc) is 3.08. The molecule has 0 N–H and O–H groups in total. The largest absolute Gasteiger partial charge is 0.334 e. The van der Waals surface area contributed by atoms with Gasteiger partial charge in [-0.3, -0.25) is 9.48 Å². The van der Waals surface area contributed by atoms with E-state index < -0.39 is 0 Å². The van der Waals surface area contributed by atoms with Crippen LogP contribution in [0.3, 0.4) is 0 Å². The molecule has 0 bridgehead atoms. The van der Waals surface area contributed by atoms with E-state index in [4.69, 9.17) is 5.10 Å². The quantitative estimate of drug-likeness (QED) is 0.472. The van der Waals surface area contributed by atoms with E-state index in [1.165, 1.54) is 11.3 Å². The Morgan fingerprint density at radius 3 is 1.97 bits per heavy atom. The van der Waals surface area contributed by atoms with Crippen LogP contribution in [-0.2, 0) is 44.2 Å². The third-order valence-corrected chi connectivity index (χ3v) is 5.64. The fourth-order valence-electron chi connectivity index (χ4n) is 4.12. The van der Waals surface area contributed by atoms with Crippen molar-refractivity contribution in [1.29, 1.82) is 0 Å². The molecule has 0 unspecified atom stereocenters. The van der Waals surface area contributed by atoms with Crippen LogP contribution >= 0.6 is 0 Å². The molecule has 0 saturated carbocycles. The number of benzene rings is 2. The molecule has 0 saturated heterocycles. The van der Waals surface area contributed by atoms with Crippen molar-refractivity contribution in [2.24, 2.45) is 7.05 Å². The zero-order valence-electron chi connectivity index (χ0n) is 18.5. The van der Waals surface area contributed by atoms with Gasteiger partial charge in [0.05, 0.1) is 5.69 Å². The summed E-state index contributed by atoms with van der Waals surface area (Å²) in [7, 11) is 2.02. The van der Waals surface area contributed by atoms with Crippen LogP contribution < -0.4 is 0 Å². The summed E-state index contributed by atoms with van der Waals surface area (Å²) >= 11 is 0. The summed E-state index contributed by atoms with van der Waals surface area (Å²) in [5.74, 6) is 0.201. The number of aromatic nitrogens is 2. The summed E-state index contributed by atoms with van der Waals surface area (Å²) in [5.41, 5.74) is 6.15. The lowest BCUT2D eigenvalue weighted by atomic mass is 10.0. The number of hydrogen-bond donors (Lipinski definition) is 0. The number of hydrogen-bond acceptors (Lipinski definition) is 2. The maximum Gasteiger partial charge on any atom is 0.223 e. The zero-order chi connectivity index (χ0) is 21.3. The minimum absolute atomic E-state index is 0.201. The highest BCUT2D eigenvalue weighted by Crippen LogP contribution is 2.18. The molecule has 4 nitrogen and oxygen atoms in total. The van der Waals surface area contributed by atoms with Crippen LogP contribution in [0.4, 0.5) is 0 Å². The Bertz CT molecular complexity index is 890. The number of carbonyl (C=O) groups excluding carboxylic acids is 1. The SMILES string of the molecule is CCc1c(CCCC(=O)N(Cc2ccccc2)Cc2ccccc2)nn(C)c1CC. The minimum atomic E-state index is 0.201. The van der Waals surface area contributed by atoms with Gasteiger partial charge in [-0.1, -0.05) is 74.5 Å². The first-order valence-corrected chi connectivity index (χ1v) is 11.0. The Kier molecular flexibility index (Phi) is 7.83. The van der Waals surface area contributed by atoms with E-state index in [2.05, 4.69) is 38.1 Å². The van der Waals surface area contributed by atoms with Gasteiger partial charge in [-0.15, -0.1) is 0 Å². The number of amides is 1. The van der Waals surface area contributed by atoms with E-state index in [1.54, 1.807) is 0 Å². The maximum absolute atomic E-state index is 13.1. The van der Waals surface area contributed by atoms with Crippen molar-refractivity contribution in [2.75, 3.05) is 0 Å². The topological polar surface area (TPSA) is 38.1 Å². The summed E-state index contributed by atoms with van der Waals surface area (Å²) in [5, 5.41) is 4.72. The van der Waals surface area contributed by atoms with Crippen LogP contribution in [0.25, 0.3) is 0 Å². The zero-order valence-corrected chi connectivity index (χ0v) is 18.5. The second kappa shape index (κ2) is 10.8. The van der Waals surface area contributed by atoms with Crippen LogP contribution in [0.15, 0.2) is 60.7 Å². The summed E-state index contributed by atoms with van der Waals surface area (Å²) in [6.07, 6.45) is 4.21. The molecule has 30 heavy (non-hydrogen) atoms. The molecule has 0 fully saturated rings. The Labute approximate surface area is 180 Å². The maximum atomic E-state index is 13.1. The molecular weight excluding hydrogens is 370 g/mol. The van der Waals surface area contributed by atoms with Gasteiger partial charge in [0, 0.05) is 32.3 Å². The van der Waals surface area contributed by atoms with Gasteiger partial charge in [0.25, 0.3) is 0 Å². The van der Waals surface area contributed by atoms with Crippen LogP contribution in [0.5, 0.6) is 0 Å². The molecule has 0 aliphatic carbocycles. The summed E-state index contributed by atoms with van der Waals surface area (Å²) in [6.45, 7) is 5.64. The number of carbonyl (C=O) groups is 1. The highest BCUT2D eigenvalue weighted by Gasteiger charge is 2.17. The van der Waals surface area contributed by atoms with Gasteiger partial charge in [0.15, 0.2) is 0 Å². The Morgan fingerprint density at radius 1 is 0.900 bits per heavy atom. The molecule has 0 atom stereocenters. The van der Waals surface area contributed by atoms with Crippen molar-refractivity contribution in [3.8, 4) is 0 Å². The molecule has 3 rings (SSSR count). The monoisotopic (exact) mass is 403 g/mol. The Hall–Kier alpha value is -2.88. The molecular formula is C26H33N3O. The van der Waals surface area contributed by atoms with Crippen molar-refractivity contribution in [3.05, 3.63) is 88.7 Å². The molecule has 2 aromatic carbocycles. The first-order valence-electron chi connectivity index (χ1n) is 11.0. The van der Waals surface area contributed by atoms with Crippen LogP contribution in [0, 0.1) is 0 Å². The molecule has 0 radical (unpaired) electrons. The first-order chi connectivity index (χ1) is 14.6. The van der Waals surface area contributed by atoms with Gasteiger partial charge in [-0.05, 0) is 42.4 Å². The highest BCUT2D eigenvalue weighted by molar-refractivity contribution is 5.76. The smallest absolute Gasteiger partial charge is 0.223 e. The highest BCUT2D eigenvalue weighted by atomic mass is 16.2. The predicted octanol–water partition coefficient (Wildman–Crippen LogP) is 5.10. The summed E-state index contributed by atoms with van der Waals surface area (Å²) in [4.78, 5) is 15.1. The molecule has 4 heteroatoms. The molecule has 158 valence electrons. The summed E-state index contributed by atoms with van der Waals surface area (Å²) in [6, 6.07) is 20.5. The standard InChI is InChI=1S/C26H33N3O/c1-4-23-24(27-28(3)25(23)5-2)17-12-18-26(30)29(19-21-13-8-6-9-14-21)20-22-15-10-7-11-16-22/h6-11,13-16H,4-5,12,17-20H2,1-3H3. The van der Waals surface area contributed by atoms with E-state index in [-0.39, 0.29) is 5.91 Å². The van der Waals surface area contributed by atoms with Gasteiger partial charge in [-0.2, -0.15) is 5.10 Å². The van der Waals surface area contributed by atoms with E-state index in [0.29, 0.717) is 19.5 Å². The molecule has 0 spiro atoms.